The van der Waals surface area contributed by atoms with Crippen LogP contribution in [0, 0.1) is 12.7 Å². The van der Waals surface area contributed by atoms with E-state index in [1.807, 2.05) is 19.1 Å². The van der Waals surface area contributed by atoms with Crippen LogP contribution in [0.15, 0.2) is 30.5 Å². The Labute approximate surface area is 99.1 Å². The fraction of sp³-hybridized carbons (Fsp3) is 0.154. The summed E-state index contributed by atoms with van der Waals surface area (Å²) in [5, 5.41) is 0. The summed E-state index contributed by atoms with van der Waals surface area (Å²) in [6, 6.07) is 6.99. The molecule has 2 aromatic rings. The third-order valence-corrected chi connectivity index (χ3v) is 2.45. The molecule has 0 bridgehead atoms. The van der Waals surface area contributed by atoms with Crippen molar-refractivity contribution in [2.45, 2.75) is 6.92 Å². The van der Waals surface area contributed by atoms with Crippen LogP contribution in [0.4, 0.5) is 10.1 Å². The van der Waals surface area contributed by atoms with Gasteiger partial charge in [-0.3, -0.25) is 0 Å². The number of nitrogens with two attached hydrogens (primary N) is 1. The van der Waals surface area contributed by atoms with Crippen molar-refractivity contribution in [1.29, 1.82) is 0 Å². The number of benzene rings is 1. The minimum absolute atomic E-state index is 0.376. The molecule has 0 saturated heterocycles. The molecule has 0 amide bonds. The first-order chi connectivity index (χ1) is 8.10. The predicted molar refractivity (Wildman–Crippen MR) is 65.3 cm³/mol. The highest BCUT2D eigenvalue weighted by Gasteiger charge is 2.08. The number of nitrogen functional groups attached to an aromatic ring is 1. The van der Waals surface area contributed by atoms with Gasteiger partial charge in [0.2, 0.25) is 5.88 Å². The van der Waals surface area contributed by atoms with Crippen molar-refractivity contribution in [3.63, 3.8) is 0 Å². The maximum Gasteiger partial charge on any atom is 0.213 e. The fourth-order valence-corrected chi connectivity index (χ4v) is 1.72. The zero-order valence-corrected chi connectivity index (χ0v) is 9.70. The molecule has 88 valence electrons. The van der Waals surface area contributed by atoms with Crippen LogP contribution in [0.3, 0.4) is 0 Å². The zero-order valence-electron chi connectivity index (χ0n) is 9.70. The van der Waals surface area contributed by atoms with Gasteiger partial charge < -0.3 is 10.5 Å². The average molecular weight is 232 g/mol. The molecule has 0 fully saturated rings. The first kappa shape index (κ1) is 11.4. The number of pyridine rings is 1. The van der Waals surface area contributed by atoms with Crippen molar-refractivity contribution >= 4 is 5.69 Å². The SMILES string of the molecule is COc1cc(-c2cc(C)cc(N)c2)c(F)cn1. The van der Waals surface area contributed by atoms with Crippen molar-refractivity contribution < 1.29 is 9.13 Å². The lowest BCUT2D eigenvalue weighted by atomic mass is 10.0. The summed E-state index contributed by atoms with van der Waals surface area (Å²) in [6.45, 7) is 1.91. The summed E-state index contributed by atoms with van der Waals surface area (Å²) in [6.07, 6.45) is 1.15. The normalized spacial score (nSPS) is 10.3. The van der Waals surface area contributed by atoms with Crippen LogP contribution in [-0.4, -0.2) is 12.1 Å². The van der Waals surface area contributed by atoms with E-state index in [0.29, 0.717) is 17.1 Å². The number of aryl methyl sites for hydroxylation is 1. The molecule has 0 aliphatic rings. The van der Waals surface area contributed by atoms with E-state index in [1.165, 1.54) is 7.11 Å². The summed E-state index contributed by atoms with van der Waals surface area (Å²) in [5.74, 6) is -0.0164. The summed E-state index contributed by atoms with van der Waals surface area (Å²) < 4.78 is 18.7. The molecule has 1 aromatic carbocycles. The lowest BCUT2D eigenvalue weighted by Crippen LogP contribution is -1.93. The molecule has 17 heavy (non-hydrogen) atoms. The Bertz CT molecular complexity index is 535. The van der Waals surface area contributed by atoms with Gasteiger partial charge in [0.15, 0.2) is 0 Å². The number of hydrogen-bond donors (Lipinski definition) is 1. The predicted octanol–water partition coefficient (Wildman–Crippen LogP) is 2.79. The Hall–Kier alpha value is -2.10. The van der Waals surface area contributed by atoms with Gasteiger partial charge in [-0.05, 0) is 30.2 Å². The van der Waals surface area contributed by atoms with Crippen LogP contribution in [-0.2, 0) is 0 Å². The Morgan fingerprint density at radius 1 is 1.24 bits per heavy atom. The Balaban J connectivity index is 2.58. The average Bonchev–Trinajstić information content (AvgIpc) is 2.28. The molecule has 0 saturated carbocycles. The van der Waals surface area contributed by atoms with Crippen LogP contribution >= 0.6 is 0 Å². The van der Waals surface area contributed by atoms with Crippen molar-refractivity contribution in [3.05, 3.63) is 41.8 Å². The number of ether oxygens (including phenoxy) is 1. The molecule has 4 heteroatoms. The second-order valence-electron chi connectivity index (χ2n) is 3.84. The van der Waals surface area contributed by atoms with Crippen molar-refractivity contribution in [3.8, 4) is 17.0 Å². The minimum atomic E-state index is -0.393. The maximum absolute atomic E-state index is 13.7. The first-order valence-corrected chi connectivity index (χ1v) is 5.17. The van der Waals surface area contributed by atoms with E-state index in [9.17, 15) is 4.39 Å². The summed E-state index contributed by atoms with van der Waals surface area (Å²) >= 11 is 0. The number of hydrogen-bond acceptors (Lipinski definition) is 3. The highest BCUT2D eigenvalue weighted by Crippen LogP contribution is 2.27. The number of methoxy groups -OCH3 is 1. The Morgan fingerprint density at radius 2 is 2.00 bits per heavy atom. The number of aromatic nitrogens is 1. The van der Waals surface area contributed by atoms with Crippen LogP contribution in [0.5, 0.6) is 5.88 Å². The van der Waals surface area contributed by atoms with Gasteiger partial charge in [0.25, 0.3) is 0 Å². The molecule has 0 spiro atoms. The van der Waals surface area contributed by atoms with Crippen LogP contribution in [0.2, 0.25) is 0 Å². The monoisotopic (exact) mass is 232 g/mol. The third kappa shape index (κ3) is 2.36. The summed E-state index contributed by atoms with van der Waals surface area (Å²) in [4.78, 5) is 3.80. The number of nitrogens with zero attached hydrogens (tertiary/aromatic N) is 1. The molecule has 0 aliphatic carbocycles. The number of anilines is 1. The molecule has 0 radical (unpaired) electrons. The van der Waals surface area contributed by atoms with E-state index >= 15 is 0 Å². The first-order valence-electron chi connectivity index (χ1n) is 5.17. The lowest BCUT2D eigenvalue weighted by Gasteiger charge is -2.07. The van der Waals surface area contributed by atoms with Crippen LogP contribution in [0.25, 0.3) is 11.1 Å². The van der Waals surface area contributed by atoms with E-state index in [2.05, 4.69) is 4.98 Å². The fourth-order valence-electron chi connectivity index (χ4n) is 1.72. The topological polar surface area (TPSA) is 48.1 Å². The third-order valence-electron chi connectivity index (χ3n) is 2.45. The number of halogens is 1. The van der Waals surface area contributed by atoms with E-state index in [4.69, 9.17) is 10.5 Å². The Kier molecular flexibility index (Phi) is 2.95. The molecule has 2 rings (SSSR count). The van der Waals surface area contributed by atoms with Crippen molar-refractivity contribution in [1.82, 2.24) is 4.98 Å². The van der Waals surface area contributed by atoms with E-state index in [1.54, 1.807) is 12.1 Å². The van der Waals surface area contributed by atoms with Gasteiger partial charge >= 0.3 is 0 Å². The summed E-state index contributed by atoms with van der Waals surface area (Å²) in [7, 11) is 1.49. The second kappa shape index (κ2) is 4.41. The quantitative estimate of drug-likeness (QED) is 0.810. The molecule has 0 aliphatic heterocycles. The van der Waals surface area contributed by atoms with Gasteiger partial charge in [-0.25, -0.2) is 9.37 Å². The molecule has 1 aromatic heterocycles. The van der Waals surface area contributed by atoms with E-state index in [-0.39, 0.29) is 0 Å². The molecular formula is C13H13FN2O. The molecule has 1 heterocycles. The van der Waals surface area contributed by atoms with Crippen molar-refractivity contribution in [2.75, 3.05) is 12.8 Å². The minimum Gasteiger partial charge on any atom is -0.481 e. The van der Waals surface area contributed by atoms with Crippen LogP contribution < -0.4 is 10.5 Å². The van der Waals surface area contributed by atoms with Gasteiger partial charge in [0.05, 0.1) is 13.3 Å². The zero-order chi connectivity index (χ0) is 12.4. The van der Waals surface area contributed by atoms with E-state index in [0.717, 1.165) is 17.3 Å². The number of rotatable bonds is 2. The molecule has 3 nitrogen and oxygen atoms in total. The van der Waals surface area contributed by atoms with Gasteiger partial charge in [-0.1, -0.05) is 6.07 Å². The second-order valence-corrected chi connectivity index (χ2v) is 3.84. The van der Waals surface area contributed by atoms with Gasteiger partial charge in [0.1, 0.15) is 5.82 Å². The van der Waals surface area contributed by atoms with Crippen LogP contribution in [0.1, 0.15) is 5.56 Å². The van der Waals surface area contributed by atoms with Gasteiger partial charge in [0, 0.05) is 17.3 Å². The highest BCUT2D eigenvalue weighted by molar-refractivity contribution is 5.69. The lowest BCUT2D eigenvalue weighted by molar-refractivity contribution is 0.396. The summed E-state index contributed by atoms with van der Waals surface area (Å²) in [5.41, 5.74) is 8.50. The molecule has 0 unspecified atom stereocenters. The highest BCUT2D eigenvalue weighted by atomic mass is 19.1. The molecular weight excluding hydrogens is 219 g/mol. The Morgan fingerprint density at radius 3 is 2.65 bits per heavy atom. The van der Waals surface area contributed by atoms with E-state index < -0.39 is 5.82 Å². The largest absolute Gasteiger partial charge is 0.481 e. The van der Waals surface area contributed by atoms with Gasteiger partial charge in [-0.2, -0.15) is 0 Å². The molecule has 0 atom stereocenters. The smallest absolute Gasteiger partial charge is 0.213 e. The standard InChI is InChI=1S/C13H13FN2O/c1-8-3-9(5-10(15)4-8)11-6-13(17-2)16-7-12(11)14/h3-7H,15H2,1-2H3. The van der Waals surface area contributed by atoms with Gasteiger partial charge in [-0.15, -0.1) is 0 Å². The molecule has 2 N–H and O–H groups in total. The maximum atomic E-state index is 13.7. The van der Waals surface area contributed by atoms with Crippen molar-refractivity contribution in [2.24, 2.45) is 0 Å².